The Bertz CT molecular complexity index is 1260. The van der Waals surface area contributed by atoms with Crippen LogP contribution in [0.15, 0.2) is 76.3 Å². The van der Waals surface area contributed by atoms with E-state index in [4.69, 9.17) is 0 Å². The number of hydrogen-bond donors (Lipinski definition) is 2. The largest absolute Gasteiger partial charge is 0.492 e. The van der Waals surface area contributed by atoms with Crippen molar-refractivity contribution in [2.45, 2.75) is 4.90 Å². The van der Waals surface area contributed by atoms with Gasteiger partial charge in [0.1, 0.15) is 12.7 Å². The number of benzene rings is 2. The molecule has 0 saturated carbocycles. The molecule has 142 valence electrons. The lowest BCUT2D eigenvalue weighted by atomic mass is 10.2. The summed E-state index contributed by atoms with van der Waals surface area (Å²) in [5.74, 6) is -0.148. The van der Waals surface area contributed by atoms with Gasteiger partial charge in [-0.3, -0.25) is 0 Å². The highest BCUT2D eigenvalue weighted by Crippen LogP contribution is 2.39. The maximum absolute atomic E-state index is 11.8. The highest BCUT2D eigenvalue weighted by Gasteiger charge is 2.18. The Labute approximate surface area is 159 Å². The van der Waals surface area contributed by atoms with Crippen molar-refractivity contribution in [3.63, 3.8) is 0 Å². The van der Waals surface area contributed by atoms with Crippen molar-refractivity contribution in [2.24, 2.45) is 10.2 Å². The number of aromatic hydroxyl groups is 1. The molecule has 0 amide bonds. The smallest absolute Gasteiger partial charge is 0.241 e. The van der Waals surface area contributed by atoms with Crippen LogP contribution < -0.4 is 4.72 Å². The van der Waals surface area contributed by atoms with E-state index < -0.39 is 10.0 Å². The predicted molar refractivity (Wildman–Crippen MR) is 101 cm³/mol. The van der Waals surface area contributed by atoms with Crippen molar-refractivity contribution >= 4 is 32.3 Å². The van der Waals surface area contributed by atoms with Crippen LogP contribution in [-0.2, 0) is 10.0 Å². The summed E-state index contributed by atoms with van der Waals surface area (Å²) in [7, 11) is -2.18. The van der Waals surface area contributed by atoms with Crippen LogP contribution in [0, 0.1) is 0 Å². The van der Waals surface area contributed by atoms with Gasteiger partial charge in [-0.15, -0.1) is 10.2 Å². The predicted octanol–water partition coefficient (Wildman–Crippen LogP) is 2.57. The van der Waals surface area contributed by atoms with Gasteiger partial charge in [0.2, 0.25) is 15.9 Å². The maximum Gasteiger partial charge on any atom is 0.241 e. The summed E-state index contributed by atoms with van der Waals surface area (Å²) in [4.78, 5) is 5.40. The molecule has 28 heavy (non-hydrogen) atoms. The lowest BCUT2D eigenvalue weighted by molar-refractivity contribution is 0.399. The molecule has 11 heteroatoms. The second kappa shape index (κ2) is 6.87. The SMILES string of the molecule is CNS(=O)(=O)c1ccc(N=Nc2c(O)n(-n3cncn3)c3ccccc23)cc1. The van der Waals surface area contributed by atoms with Crippen molar-refractivity contribution in [3.05, 3.63) is 61.2 Å². The Kier molecular flexibility index (Phi) is 4.37. The van der Waals surface area contributed by atoms with E-state index in [9.17, 15) is 13.5 Å². The van der Waals surface area contributed by atoms with Crippen molar-refractivity contribution in [3.8, 4) is 5.88 Å². The van der Waals surface area contributed by atoms with E-state index in [-0.39, 0.29) is 16.5 Å². The molecular formula is C17H15N7O3S. The van der Waals surface area contributed by atoms with E-state index in [1.54, 1.807) is 6.07 Å². The van der Waals surface area contributed by atoms with Gasteiger partial charge in [0.15, 0.2) is 5.69 Å². The van der Waals surface area contributed by atoms with Crippen LogP contribution in [0.2, 0.25) is 0 Å². The highest BCUT2D eigenvalue weighted by atomic mass is 32.2. The summed E-state index contributed by atoms with van der Waals surface area (Å²) in [6, 6.07) is 13.2. The number of nitrogens with one attached hydrogen (secondary N) is 1. The van der Waals surface area contributed by atoms with Crippen LogP contribution in [0.4, 0.5) is 11.4 Å². The van der Waals surface area contributed by atoms with Crippen LogP contribution >= 0.6 is 0 Å². The van der Waals surface area contributed by atoms with E-state index in [1.165, 1.54) is 53.4 Å². The van der Waals surface area contributed by atoms with Gasteiger partial charge < -0.3 is 5.11 Å². The number of sulfonamides is 1. The normalized spacial score (nSPS) is 12.2. The fourth-order valence-corrected chi connectivity index (χ4v) is 3.45. The summed E-state index contributed by atoms with van der Waals surface area (Å²) >= 11 is 0. The first kappa shape index (κ1) is 17.8. The minimum absolute atomic E-state index is 0.125. The van der Waals surface area contributed by atoms with Gasteiger partial charge >= 0.3 is 0 Å². The molecule has 0 spiro atoms. The molecule has 0 radical (unpaired) electrons. The Morgan fingerprint density at radius 1 is 1.07 bits per heavy atom. The Morgan fingerprint density at radius 3 is 2.50 bits per heavy atom. The average molecular weight is 397 g/mol. The molecule has 2 heterocycles. The number of rotatable bonds is 5. The lowest BCUT2D eigenvalue weighted by Crippen LogP contribution is -2.18. The van der Waals surface area contributed by atoms with Crippen molar-refractivity contribution in [1.29, 1.82) is 0 Å². The van der Waals surface area contributed by atoms with Gasteiger partial charge in [-0.05, 0) is 37.4 Å². The average Bonchev–Trinajstić information content (AvgIpc) is 3.32. The molecule has 0 fully saturated rings. The zero-order valence-electron chi connectivity index (χ0n) is 14.6. The quantitative estimate of drug-likeness (QED) is 0.500. The number of fused-ring (bicyclic) bond motifs is 1. The topological polar surface area (TPSA) is 127 Å². The standard InChI is InChI=1S/C17H15N7O3S/c1-18-28(26,27)13-8-6-12(7-9-13)21-22-16-14-4-2-3-5-15(14)24(17(16)25)23-11-19-10-20-23/h2-11,18,25H,1H3. The van der Waals surface area contributed by atoms with Gasteiger partial charge in [-0.25, -0.2) is 18.1 Å². The van der Waals surface area contributed by atoms with Crippen LogP contribution in [0.5, 0.6) is 5.88 Å². The van der Waals surface area contributed by atoms with Crippen molar-refractivity contribution in [2.75, 3.05) is 7.05 Å². The third-order valence-corrected chi connectivity index (χ3v) is 5.52. The first-order chi connectivity index (χ1) is 13.5. The summed E-state index contributed by atoms with van der Waals surface area (Å²) in [5, 5.41) is 23.7. The molecular weight excluding hydrogens is 382 g/mol. The number of azo groups is 1. The number of aromatic nitrogens is 4. The second-order valence-corrected chi connectivity index (χ2v) is 7.61. The third kappa shape index (κ3) is 3.02. The maximum atomic E-state index is 11.8. The van der Waals surface area contributed by atoms with Crippen molar-refractivity contribution in [1.82, 2.24) is 24.3 Å². The van der Waals surface area contributed by atoms with Gasteiger partial charge in [0.25, 0.3) is 0 Å². The molecule has 4 rings (SSSR count). The van der Waals surface area contributed by atoms with E-state index in [0.29, 0.717) is 16.6 Å². The molecule has 0 aliphatic carbocycles. The zero-order chi connectivity index (χ0) is 19.7. The zero-order valence-corrected chi connectivity index (χ0v) is 15.4. The monoisotopic (exact) mass is 397 g/mol. The summed E-state index contributed by atoms with van der Waals surface area (Å²) in [6.45, 7) is 0. The molecule has 0 aliphatic heterocycles. The molecule has 10 nitrogen and oxygen atoms in total. The first-order valence-electron chi connectivity index (χ1n) is 8.14. The Hall–Kier alpha value is -3.57. The summed E-state index contributed by atoms with van der Waals surface area (Å²) < 4.78 is 27.3. The minimum Gasteiger partial charge on any atom is -0.492 e. The second-order valence-electron chi connectivity index (χ2n) is 5.72. The third-order valence-electron chi connectivity index (χ3n) is 4.09. The van der Waals surface area contributed by atoms with E-state index >= 15 is 0 Å². The molecule has 0 aliphatic rings. The van der Waals surface area contributed by atoms with Gasteiger partial charge in [0.05, 0.1) is 16.1 Å². The van der Waals surface area contributed by atoms with E-state index in [2.05, 4.69) is 25.0 Å². The number of hydrogen-bond acceptors (Lipinski definition) is 7. The molecule has 2 aromatic carbocycles. The fraction of sp³-hybridized carbons (Fsp3) is 0.0588. The Morgan fingerprint density at radius 2 is 1.82 bits per heavy atom. The number of nitrogens with zero attached hydrogens (tertiary/aromatic N) is 6. The summed E-state index contributed by atoms with van der Waals surface area (Å²) in [6.07, 6.45) is 2.81. The molecule has 4 aromatic rings. The van der Waals surface area contributed by atoms with Crippen LogP contribution in [0.3, 0.4) is 0 Å². The molecule has 0 saturated heterocycles. The fourth-order valence-electron chi connectivity index (χ4n) is 2.72. The van der Waals surface area contributed by atoms with Crippen LogP contribution in [-0.4, -0.2) is 40.1 Å². The Balaban J connectivity index is 1.76. The van der Waals surface area contributed by atoms with Crippen LogP contribution in [0.1, 0.15) is 0 Å². The molecule has 0 unspecified atom stereocenters. The highest BCUT2D eigenvalue weighted by molar-refractivity contribution is 7.89. The minimum atomic E-state index is -3.52. The van der Waals surface area contributed by atoms with Gasteiger partial charge in [-0.2, -0.15) is 14.6 Å². The lowest BCUT2D eigenvalue weighted by Gasteiger charge is -2.04. The van der Waals surface area contributed by atoms with Crippen LogP contribution in [0.25, 0.3) is 10.9 Å². The summed E-state index contributed by atoms with van der Waals surface area (Å²) in [5.41, 5.74) is 1.37. The molecule has 2 N–H and O–H groups in total. The van der Waals surface area contributed by atoms with Gasteiger partial charge in [0, 0.05) is 5.39 Å². The van der Waals surface area contributed by atoms with E-state index in [1.807, 2.05) is 18.2 Å². The first-order valence-corrected chi connectivity index (χ1v) is 9.62. The molecule has 0 atom stereocenters. The molecule has 2 aromatic heterocycles. The number of para-hydroxylation sites is 1. The van der Waals surface area contributed by atoms with Crippen molar-refractivity contribution < 1.29 is 13.5 Å². The van der Waals surface area contributed by atoms with Gasteiger partial charge in [-0.1, -0.05) is 18.2 Å². The molecule has 0 bridgehead atoms. The van der Waals surface area contributed by atoms with E-state index in [0.717, 1.165) is 0 Å².